The molecule has 7 nitrogen and oxygen atoms in total. The summed E-state index contributed by atoms with van der Waals surface area (Å²) in [4.78, 5) is 47.4. The summed E-state index contributed by atoms with van der Waals surface area (Å²) in [7, 11) is 0. The molecule has 0 rings (SSSR count). The molecule has 180 valence electrons. The Morgan fingerprint density at radius 2 is 1.16 bits per heavy atom. The van der Waals surface area contributed by atoms with Gasteiger partial charge in [0.2, 0.25) is 11.7 Å². The summed E-state index contributed by atoms with van der Waals surface area (Å²) >= 11 is 0. The molecule has 2 atom stereocenters. The Bertz CT molecular complexity index is 548. The second-order valence-corrected chi connectivity index (χ2v) is 8.83. The van der Waals surface area contributed by atoms with E-state index in [0.29, 0.717) is 6.42 Å². The highest BCUT2D eigenvalue weighted by molar-refractivity contribution is 6.36. The number of nitrogens with one attached hydrogen (secondary N) is 2. The highest BCUT2D eigenvalue weighted by Gasteiger charge is 2.28. The maximum absolute atomic E-state index is 12.2. The van der Waals surface area contributed by atoms with Crippen molar-refractivity contribution in [3.63, 3.8) is 0 Å². The first-order valence-corrected chi connectivity index (χ1v) is 12.1. The molecule has 0 spiro atoms. The minimum atomic E-state index is -1.16. The van der Waals surface area contributed by atoms with Gasteiger partial charge in [-0.2, -0.15) is 0 Å². The van der Waals surface area contributed by atoms with Crippen LogP contribution in [0.4, 0.5) is 0 Å². The minimum absolute atomic E-state index is 0.168. The van der Waals surface area contributed by atoms with Gasteiger partial charge in [0.1, 0.15) is 12.1 Å². The Labute approximate surface area is 188 Å². The number of carbonyl (C=O) groups is 4. The molecule has 0 fully saturated rings. The van der Waals surface area contributed by atoms with Crippen LogP contribution >= 0.6 is 0 Å². The van der Waals surface area contributed by atoms with E-state index in [4.69, 9.17) is 5.11 Å². The Morgan fingerprint density at radius 1 is 0.710 bits per heavy atom. The average molecular weight is 441 g/mol. The van der Waals surface area contributed by atoms with Crippen molar-refractivity contribution < 1.29 is 24.3 Å². The van der Waals surface area contributed by atoms with Gasteiger partial charge in [-0.05, 0) is 19.3 Å². The predicted molar refractivity (Wildman–Crippen MR) is 123 cm³/mol. The second-order valence-electron chi connectivity index (χ2n) is 8.83. The molecule has 3 N–H and O–H groups in total. The third-order valence-electron chi connectivity index (χ3n) is 5.48. The number of Topliss-reactive ketones (excluding diaryl/α,β-unsaturated/α-hetero) is 1. The summed E-state index contributed by atoms with van der Waals surface area (Å²) in [5.74, 6) is -3.34. The Morgan fingerprint density at radius 3 is 1.58 bits per heavy atom. The maximum atomic E-state index is 12.2. The number of amides is 2. The van der Waals surface area contributed by atoms with Gasteiger partial charge in [-0.25, -0.2) is 0 Å². The molecule has 0 saturated carbocycles. The summed E-state index contributed by atoms with van der Waals surface area (Å²) in [6, 6.07) is -2.01. The molecule has 2 amide bonds. The Balaban J connectivity index is 4.00. The van der Waals surface area contributed by atoms with Crippen molar-refractivity contribution in [3.05, 3.63) is 0 Å². The third kappa shape index (κ3) is 14.7. The Kier molecular flexibility index (Phi) is 16.6. The number of hydrogen-bond acceptors (Lipinski definition) is 4. The van der Waals surface area contributed by atoms with Crippen molar-refractivity contribution in [1.29, 1.82) is 0 Å². The van der Waals surface area contributed by atoms with E-state index in [1.54, 1.807) is 13.8 Å². The van der Waals surface area contributed by atoms with E-state index in [2.05, 4.69) is 17.6 Å². The van der Waals surface area contributed by atoms with E-state index in [9.17, 15) is 19.2 Å². The molecule has 0 radical (unpaired) electrons. The van der Waals surface area contributed by atoms with E-state index < -0.39 is 35.7 Å². The lowest BCUT2D eigenvalue weighted by Gasteiger charge is -2.22. The number of aliphatic carboxylic acids is 1. The van der Waals surface area contributed by atoms with Gasteiger partial charge in [-0.15, -0.1) is 0 Å². The van der Waals surface area contributed by atoms with Gasteiger partial charge in [-0.3, -0.25) is 19.2 Å². The predicted octanol–water partition coefficient (Wildman–Crippen LogP) is 4.38. The zero-order chi connectivity index (χ0) is 23.6. The van der Waals surface area contributed by atoms with Gasteiger partial charge >= 0.3 is 5.97 Å². The minimum Gasteiger partial charge on any atom is -0.480 e. The first kappa shape index (κ1) is 29.1. The van der Waals surface area contributed by atoms with E-state index in [0.717, 1.165) is 19.3 Å². The van der Waals surface area contributed by atoms with E-state index in [-0.39, 0.29) is 12.3 Å². The van der Waals surface area contributed by atoms with Gasteiger partial charge in [0.15, 0.2) is 0 Å². The number of carbonyl (C=O) groups excluding carboxylic acids is 3. The van der Waals surface area contributed by atoms with Crippen LogP contribution in [-0.2, 0) is 19.2 Å². The number of hydrogen-bond donors (Lipinski definition) is 3. The van der Waals surface area contributed by atoms with Crippen LogP contribution in [-0.4, -0.2) is 40.8 Å². The van der Waals surface area contributed by atoms with Crippen molar-refractivity contribution >= 4 is 23.6 Å². The van der Waals surface area contributed by atoms with Crippen molar-refractivity contribution in [3.8, 4) is 0 Å². The standard InChI is InChI=1S/C24H44N2O5/c1-5-6-7-8-9-10-11-12-13-14-15-16-17-20(27)22(28)26-21(18(2)3)23(29)25-19(4)24(30)31/h18-19,21H,5-17H2,1-4H3,(H,25,29)(H,26,28)(H,30,31)/t19-,21?/m0/s1. The Hall–Kier alpha value is -1.92. The van der Waals surface area contributed by atoms with Crippen LogP contribution in [0.25, 0.3) is 0 Å². The maximum Gasteiger partial charge on any atom is 0.325 e. The number of unbranched alkanes of at least 4 members (excludes halogenated alkanes) is 11. The SMILES string of the molecule is CCCCCCCCCCCCCCC(=O)C(=O)NC(C(=O)N[C@@H](C)C(=O)O)C(C)C. The molecule has 7 heteroatoms. The van der Waals surface area contributed by atoms with Gasteiger partial charge in [-0.1, -0.05) is 91.4 Å². The molecule has 0 aliphatic carbocycles. The van der Waals surface area contributed by atoms with Crippen molar-refractivity contribution in [1.82, 2.24) is 10.6 Å². The fraction of sp³-hybridized carbons (Fsp3) is 0.833. The van der Waals surface area contributed by atoms with Crippen LogP contribution in [0, 0.1) is 5.92 Å². The largest absolute Gasteiger partial charge is 0.480 e. The van der Waals surface area contributed by atoms with Crippen LogP contribution in [0.5, 0.6) is 0 Å². The molecular weight excluding hydrogens is 396 g/mol. The molecular formula is C24H44N2O5. The topological polar surface area (TPSA) is 113 Å². The molecule has 0 saturated heterocycles. The van der Waals surface area contributed by atoms with Crippen molar-refractivity contribution in [2.24, 2.45) is 5.92 Å². The molecule has 31 heavy (non-hydrogen) atoms. The van der Waals surface area contributed by atoms with Gasteiger partial charge in [0.25, 0.3) is 5.91 Å². The molecule has 0 aliphatic rings. The molecule has 0 heterocycles. The zero-order valence-electron chi connectivity index (χ0n) is 20.0. The fourth-order valence-electron chi connectivity index (χ4n) is 3.36. The first-order chi connectivity index (χ1) is 14.7. The number of rotatable bonds is 19. The molecule has 0 bridgehead atoms. The summed E-state index contributed by atoms with van der Waals surface area (Å²) in [6.45, 7) is 7.03. The molecule has 0 aliphatic heterocycles. The number of carboxylic acid groups (broad SMARTS) is 1. The highest BCUT2D eigenvalue weighted by atomic mass is 16.4. The van der Waals surface area contributed by atoms with Crippen molar-refractivity contribution in [2.75, 3.05) is 0 Å². The highest BCUT2D eigenvalue weighted by Crippen LogP contribution is 2.12. The molecule has 1 unspecified atom stereocenters. The average Bonchev–Trinajstić information content (AvgIpc) is 2.71. The normalized spacial score (nSPS) is 12.9. The number of ketones is 1. The zero-order valence-corrected chi connectivity index (χ0v) is 20.0. The van der Waals surface area contributed by atoms with Gasteiger partial charge in [0.05, 0.1) is 0 Å². The summed E-state index contributed by atoms with van der Waals surface area (Å²) in [5, 5.41) is 13.7. The lowest BCUT2D eigenvalue weighted by molar-refractivity contribution is -0.143. The van der Waals surface area contributed by atoms with Crippen LogP contribution in [0.3, 0.4) is 0 Å². The van der Waals surface area contributed by atoms with Crippen molar-refractivity contribution in [2.45, 2.75) is 123 Å². The number of carboxylic acids is 1. The van der Waals surface area contributed by atoms with Crippen LogP contribution in [0.1, 0.15) is 111 Å². The summed E-state index contributed by atoms with van der Waals surface area (Å²) < 4.78 is 0. The fourth-order valence-corrected chi connectivity index (χ4v) is 3.36. The van der Waals surface area contributed by atoms with Gasteiger partial charge in [0, 0.05) is 6.42 Å². The smallest absolute Gasteiger partial charge is 0.325 e. The monoisotopic (exact) mass is 440 g/mol. The quantitative estimate of drug-likeness (QED) is 0.204. The van der Waals surface area contributed by atoms with Crippen LogP contribution in [0.2, 0.25) is 0 Å². The summed E-state index contributed by atoms with van der Waals surface area (Å²) in [5.41, 5.74) is 0. The van der Waals surface area contributed by atoms with E-state index in [1.807, 2.05) is 0 Å². The van der Waals surface area contributed by atoms with Crippen LogP contribution < -0.4 is 10.6 Å². The van der Waals surface area contributed by atoms with Crippen LogP contribution in [0.15, 0.2) is 0 Å². The third-order valence-corrected chi connectivity index (χ3v) is 5.48. The molecule has 0 aromatic rings. The molecule has 0 aromatic heterocycles. The van der Waals surface area contributed by atoms with E-state index in [1.165, 1.54) is 58.3 Å². The van der Waals surface area contributed by atoms with Gasteiger partial charge < -0.3 is 15.7 Å². The lowest BCUT2D eigenvalue weighted by Crippen LogP contribution is -2.54. The molecule has 0 aromatic carbocycles. The second kappa shape index (κ2) is 17.7. The summed E-state index contributed by atoms with van der Waals surface area (Å²) in [6.07, 6.45) is 14.4. The lowest BCUT2D eigenvalue weighted by atomic mass is 10.0. The van der Waals surface area contributed by atoms with E-state index >= 15 is 0 Å². The first-order valence-electron chi connectivity index (χ1n) is 12.1.